The Morgan fingerprint density at radius 2 is 2.26 bits per heavy atom. The maximum atomic E-state index is 6.11. The minimum Gasteiger partial charge on any atom is -0.329 e. The molecule has 2 N–H and O–H groups in total. The summed E-state index contributed by atoms with van der Waals surface area (Å²) in [6, 6.07) is 8.99. The van der Waals surface area contributed by atoms with E-state index >= 15 is 0 Å². The van der Waals surface area contributed by atoms with Gasteiger partial charge in [0.1, 0.15) is 0 Å². The van der Waals surface area contributed by atoms with Gasteiger partial charge in [0.15, 0.2) is 0 Å². The minimum absolute atomic E-state index is 0.283. The van der Waals surface area contributed by atoms with Gasteiger partial charge in [-0.1, -0.05) is 23.7 Å². The van der Waals surface area contributed by atoms with Crippen molar-refractivity contribution in [2.45, 2.75) is 24.9 Å². The van der Waals surface area contributed by atoms with Gasteiger partial charge in [0.25, 0.3) is 0 Å². The Kier molecular flexibility index (Phi) is 5.22. The van der Waals surface area contributed by atoms with Crippen LogP contribution in [-0.4, -0.2) is 49.6 Å². The number of benzene rings is 1. The second-order valence-electron chi connectivity index (χ2n) is 5.60. The van der Waals surface area contributed by atoms with E-state index in [0.717, 1.165) is 18.1 Å². The van der Waals surface area contributed by atoms with Crippen LogP contribution in [-0.2, 0) is 0 Å². The molecule has 0 amide bonds. The van der Waals surface area contributed by atoms with E-state index in [1.54, 1.807) is 0 Å². The van der Waals surface area contributed by atoms with E-state index in [1.807, 2.05) is 18.2 Å². The zero-order valence-electron chi connectivity index (χ0n) is 11.8. The van der Waals surface area contributed by atoms with Gasteiger partial charge in [-0.2, -0.15) is 0 Å². The lowest BCUT2D eigenvalue weighted by Gasteiger charge is -2.34. The molecule has 2 unspecified atom stereocenters. The molecule has 1 aromatic rings. The number of nitrogens with two attached hydrogens (primary N) is 1. The lowest BCUT2D eigenvalue weighted by atomic mass is 10.0. The summed E-state index contributed by atoms with van der Waals surface area (Å²) in [5.41, 5.74) is 7.27. The van der Waals surface area contributed by atoms with Crippen molar-refractivity contribution in [1.29, 1.82) is 0 Å². The van der Waals surface area contributed by atoms with Gasteiger partial charge < -0.3 is 10.6 Å². The fourth-order valence-corrected chi connectivity index (χ4v) is 3.26. The first-order valence-corrected chi connectivity index (χ1v) is 7.35. The molecule has 0 aliphatic carbocycles. The summed E-state index contributed by atoms with van der Waals surface area (Å²) in [7, 11) is 4.26. The summed E-state index contributed by atoms with van der Waals surface area (Å²) in [6.07, 6.45) is 2.52. The van der Waals surface area contributed by atoms with Crippen molar-refractivity contribution in [3.05, 3.63) is 34.9 Å². The highest BCUT2D eigenvalue weighted by Crippen LogP contribution is 2.30. The average molecular weight is 282 g/mol. The molecule has 3 nitrogen and oxygen atoms in total. The lowest BCUT2D eigenvalue weighted by Crippen LogP contribution is -2.42. The molecular weight excluding hydrogens is 258 g/mol. The smallest absolute Gasteiger partial charge is 0.0474 e. The highest BCUT2D eigenvalue weighted by molar-refractivity contribution is 6.30. The van der Waals surface area contributed by atoms with Gasteiger partial charge in [-0.3, -0.25) is 4.90 Å². The van der Waals surface area contributed by atoms with Gasteiger partial charge in [0.2, 0.25) is 0 Å². The van der Waals surface area contributed by atoms with Crippen LogP contribution in [0.2, 0.25) is 5.02 Å². The SMILES string of the molecule is CN(C)CC1CCCN1C(CN)c1cccc(Cl)c1. The van der Waals surface area contributed by atoms with Crippen molar-refractivity contribution >= 4 is 11.6 Å². The first-order valence-electron chi connectivity index (χ1n) is 6.98. The van der Waals surface area contributed by atoms with Crippen molar-refractivity contribution in [2.75, 3.05) is 33.7 Å². The number of nitrogens with zero attached hydrogens (tertiary/aromatic N) is 2. The van der Waals surface area contributed by atoms with Crippen LogP contribution in [0, 0.1) is 0 Å². The number of likely N-dealkylation sites (N-methyl/N-ethyl adjacent to an activating group) is 1. The van der Waals surface area contributed by atoms with Gasteiger partial charge in [-0.25, -0.2) is 0 Å². The molecule has 19 heavy (non-hydrogen) atoms. The van der Waals surface area contributed by atoms with Crippen LogP contribution in [0.4, 0.5) is 0 Å². The molecule has 0 spiro atoms. The van der Waals surface area contributed by atoms with Crippen LogP contribution < -0.4 is 5.73 Å². The minimum atomic E-state index is 0.283. The number of rotatable bonds is 5. The van der Waals surface area contributed by atoms with E-state index in [4.69, 9.17) is 17.3 Å². The molecule has 2 rings (SSSR count). The number of halogens is 1. The Bertz CT molecular complexity index is 408. The van der Waals surface area contributed by atoms with Crippen molar-refractivity contribution in [3.63, 3.8) is 0 Å². The molecule has 1 heterocycles. The van der Waals surface area contributed by atoms with Crippen LogP contribution in [0.15, 0.2) is 24.3 Å². The van der Waals surface area contributed by atoms with Crippen molar-refractivity contribution < 1.29 is 0 Å². The Balaban J connectivity index is 2.16. The summed E-state index contributed by atoms with van der Waals surface area (Å²) in [5.74, 6) is 0. The predicted molar refractivity (Wildman–Crippen MR) is 81.5 cm³/mol. The van der Waals surface area contributed by atoms with Crippen LogP contribution in [0.3, 0.4) is 0 Å². The Morgan fingerprint density at radius 3 is 2.89 bits per heavy atom. The monoisotopic (exact) mass is 281 g/mol. The predicted octanol–water partition coefficient (Wildman–Crippen LogP) is 2.37. The topological polar surface area (TPSA) is 32.5 Å². The summed E-state index contributed by atoms with van der Waals surface area (Å²) in [4.78, 5) is 4.81. The highest BCUT2D eigenvalue weighted by Gasteiger charge is 2.31. The number of hydrogen-bond acceptors (Lipinski definition) is 3. The molecular formula is C15H24ClN3. The molecule has 4 heteroatoms. The van der Waals surface area contributed by atoms with E-state index in [1.165, 1.54) is 18.4 Å². The van der Waals surface area contributed by atoms with Crippen LogP contribution in [0.25, 0.3) is 0 Å². The lowest BCUT2D eigenvalue weighted by molar-refractivity contribution is 0.156. The van der Waals surface area contributed by atoms with Crippen LogP contribution in [0.1, 0.15) is 24.4 Å². The average Bonchev–Trinajstić information content (AvgIpc) is 2.78. The van der Waals surface area contributed by atoms with Crippen LogP contribution in [0.5, 0.6) is 0 Å². The first kappa shape index (κ1) is 14.8. The number of hydrogen-bond donors (Lipinski definition) is 1. The van der Waals surface area contributed by atoms with Gasteiger partial charge in [-0.05, 0) is 51.2 Å². The van der Waals surface area contributed by atoms with Crippen molar-refractivity contribution in [1.82, 2.24) is 9.80 Å². The quantitative estimate of drug-likeness (QED) is 0.899. The second kappa shape index (κ2) is 6.71. The number of likely N-dealkylation sites (tertiary alicyclic amines) is 1. The molecule has 1 aliphatic rings. The highest BCUT2D eigenvalue weighted by atomic mass is 35.5. The van der Waals surface area contributed by atoms with E-state index in [0.29, 0.717) is 12.6 Å². The zero-order valence-corrected chi connectivity index (χ0v) is 12.6. The molecule has 0 radical (unpaired) electrons. The zero-order chi connectivity index (χ0) is 13.8. The summed E-state index contributed by atoms with van der Waals surface area (Å²) in [6.45, 7) is 2.87. The third-order valence-electron chi connectivity index (χ3n) is 3.86. The molecule has 0 aromatic heterocycles. The fraction of sp³-hybridized carbons (Fsp3) is 0.600. The van der Waals surface area contributed by atoms with Gasteiger partial charge in [0.05, 0.1) is 0 Å². The molecule has 0 bridgehead atoms. The van der Waals surface area contributed by atoms with Crippen LogP contribution >= 0.6 is 11.6 Å². The molecule has 2 atom stereocenters. The Morgan fingerprint density at radius 1 is 1.47 bits per heavy atom. The fourth-order valence-electron chi connectivity index (χ4n) is 3.06. The normalized spacial score (nSPS) is 22.1. The van der Waals surface area contributed by atoms with Crippen molar-refractivity contribution in [2.24, 2.45) is 5.73 Å². The summed E-state index contributed by atoms with van der Waals surface area (Å²) in [5, 5.41) is 0.791. The standard InChI is InChI=1S/C15H24ClN3/c1-18(2)11-14-7-4-8-19(14)15(10-17)12-5-3-6-13(16)9-12/h3,5-6,9,14-15H,4,7-8,10-11,17H2,1-2H3. The van der Waals surface area contributed by atoms with Crippen molar-refractivity contribution in [3.8, 4) is 0 Å². The molecule has 1 saturated heterocycles. The molecule has 1 fully saturated rings. The van der Waals surface area contributed by atoms with E-state index in [2.05, 4.69) is 30.0 Å². The Labute approximate surface area is 121 Å². The molecule has 1 aromatic carbocycles. The van der Waals surface area contributed by atoms with Gasteiger partial charge in [-0.15, -0.1) is 0 Å². The third kappa shape index (κ3) is 3.69. The third-order valence-corrected chi connectivity index (χ3v) is 4.09. The molecule has 1 aliphatic heterocycles. The second-order valence-corrected chi connectivity index (χ2v) is 6.04. The summed E-state index contributed by atoms with van der Waals surface area (Å²) < 4.78 is 0. The Hall–Kier alpha value is -0.610. The molecule has 106 valence electrons. The summed E-state index contributed by atoms with van der Waals surface area (Å²) >= 11 is 6.11. The largest absolute Gasteiger partial charge is 0.329 e. The maximum Gasteiger partial charge on any atom is 0.0474 e. The van der Waals surface area contributed by atoms with E-state index in [-0.39, 0.29) is 6.04 Å². The van der Waals surface area contributed by atoms with E-state index in [9.17, 15) is 0 Å². The van der Waals surface area contributed by atoms with Gasteiger partial charge in [0, 0.05) is 30.2 Å². The first-order chi connectivity index (χ1) is 9.11. The van der Waals surface area contributed by atoms with Gasteiger partial charge >= 0.3 is 0 Å². The van der Waals surface area contributed by atoms with E-state index < -0.39 is 0 Å². The maximum absolute atomic E-state index is 6.11. The molecule has 0 saturated carbocycles.